The lowest BCUT2D eigenvalue weighted by atomic mass is 9.96. The third-order valence-electron chi connectivity index (χ3n) is 5.27. The van der Waals surface area contributed by atoms with Gasteiger partial charge in [0.2, 0.25) is 0 Å². The number of thiazole rings is 1. The van der Waals surface area contributed by atoms with Crippen LogP contribution < -0.4 is 19.6 Å². The van der Waals surface area contributed by atoms with E-state index in [0.717, 1.165) is 16.9 Å². The molecule has 1 aliphatic heterocycles. The lowest BCUT2D eigenvalue weighted by molar-refractivity contribution is -0.136. The Balaban J connectivity index is 1.83. The van der Waals surface area contributed by atoms with Gasteiger partial charge in [0, 0.05) is 0 Å². The molecule has 168 valence electrons. The van der Waals surface area contributed by atoms with Crippen LogP contribution in [0, 0.1) is 0 Å². The topological polar surface area (TPSA) is 69.9 Å². The highest BCUT2D eigenvalue weighted by molar-refractivity contribution is 7.07. The van der Waals surface area contributed by atoms with Crippen LogP contribution in [-0.2, 0) is 9.53 Å². The molecule has 1 aliphatic rings. The Kier molecular flexibility index (Phi) is 6.70. The number of benzene rings is 2. The number of hydrogen-bond acceptors (Lipinski definition) is 6. The van der Waals surface area contributed by atoms with Crippen molar-refractivity contribution >= 4 is 29.5 Å². The summed E-state index contributed by atoms with van der Waals surface area (Å²) < 4.78 is 12.7. The van der Waals surface area contributed by atoms with Gasteiger partial charge in [-0.05, 0) is 43.2 Å². The molecular weight excluding hydrogens is 436 g/mol. The number of ether oxygens (including phenoxy) is 2. The summed E-state index contributed by atoms with van der Waals surface area (Å²) in [6, 6.07) is 16.6. The molecule has 7 heteroatoms. The van der Waals surface area contributed by atoms with E-state index < -0.39 is 12.0 Å². The van der Waals surface area contributed by atoms with Crippen LogP contribution in [-0.4, -0.2) is 24.3 Å². The Morgan fingerprint density at radius 2 is 1.88 bits per heavy atom. The molecule has 0 N–H and O–H groups in total. The van der Waals surface area contributed by atoms with Crippen molar-refractivity contribution in [3.05, 3.63) is 103 Å². The van der Waals surface area contributed by atoms with Crippen molar-refractivity contribution < 1.29 is 14.3 Å². The Morgan fingerprint density at radius 3 is 2.55 bits per heavy atom. The van der Waals surface area contributed by atoms with Crippen LogP contribution in [0.25, 0.3) is 12.2 Å². The Labute approximate surface area is 195 Å². The number of carbonyl (C=O) groups is 1. The van der Waals surface area contributed by atoms with Gasteiger partial charge in [-0.3, -0.25) is 9.36 Å². The van der Waals surface area contributed by atoms with Gasteiger partial charge >= 0.3 is 5.97 Å². The number of carbonyl (C=O) groups excluding carboxylic acids is 1. The zero-order valence-corrected chi connectivity index (χ0v) is 19.5. The first-order valence-corrected chi connectivity index (χ1v) is 11.4. The fourth-order valence-electron chi connectivity index (χ4n) is 3.75. The summed E-state index contributed by atoms with van der Waals surface area (Å²) in [6.45, 7) is 4.23. The van der Waals surface area contributed by atoms with Gasteiger partial charge in [-0.2, -0.15) is 0 Å². The molecule has 0 saturated heterocycles. The predicted octanol–water partition coefficient (Wildman–Crippen LogP) is 3.47. The van der Waals surface area contributed by atoms with Crippen LogP contribution in [0.5, 0.6) is 5.75 Å². The average molecular weight is 461 g/mol. The van der Waals surface area contributed by atoms with E-state index in [1.54, 1.807) is 17.6 Å². The van der Waals surface area contributed by atoms with Gasteiger partial charge in [-0.25, -0.2) is 9.79 Å². The minimum atomic E-state index is -0.635. The first kappa shape index (κ1) is 22.5. The molecule has 0 radical (unpaired) electrons. The Morgan fingerprint density at radius 1 is 1.15 bits per heavy atom. The normalized spacial score (nSPS) is 16.0. The third kappa shape index (κ3) is 4.59. The monoisotopic (exact) mass is 460 g/mol. The second kappa shape index (κ2) is 9.83. The summed E-state index contributed by atoms with van der Waals surface area (Å²) in [4.78, 5) is 31.2. The standard InChI is InChI=1S/C26H24N2O4S/c1-4-32-20-15-13-19(14-16-20)23-22(25(30)31-3)17(2)27-26-28(23)24(29)21(33-26)12-8-11-18-9-6-5-7-10-18/h5-16,23H,4H2,1-3H3. The van der Waals surface area contributed by atoms with E-state index in [1.807, 2.05) is 73.7 Å². The SMILES string of the molecule is CCOc1ccc(C2C(C(=O)OC)=C(C)N=c3sc(=CC=Cc4ccccc4)c(=O)n32)cc1. The van der Waals surface area contributed by atoms with Crippen LogP contribution in [0.2, 0.25) is 0 Å². The smallest absolute Gasteiger partial charge is 0.338 e. The number of allylic oxidation sites excluding steroid dienone is 2. The number of rotatable bonds is 6. The number of aromatic nitrogens is 1. The molecule has 0 saturated carbocycles. The summed E-state index contributed by atoms with van der Waals surface area (Å²) in [6.07, 6.45) is 5.57. The van der Waals surface area contributed by atoms with Crippen molar-refractivity contribution in [2.45, 2.75) is 19.9 Å². The van der Waals surface area contributed by atoms with Crippen molar-refractivity contribution in [1.29, 1.82) is 0 Å². The van der Waals surface area contributed by atoms with Gasteiger partial charge < -0.3 is 9.47 Å². The highest BCUT2D eigenvalue weighted by Crippen LogP contribution is 2.31. The first-order valence-electron chi connectivity index (χ1n) is 10.6. The van der Waals surface area contributed by atoms with Gasteiger partial charge in [0.25, 0.3) is 5.56 Å². The summed E-state index contributed by atoms with van der Waals surface area (Å²) in [5, 5.41) is 0. The van der Waals surface area contributed by atoms with Gasteiger partial charge in [0.1, 0.15) is 5.75 Å². The van der Waals surface area contributed by atoms with Crippen molar-refractivity contribution in [2.24, 2.45) is 4.99 Å². The van der Waals surface area contributed by atoms with Crippen LogP contribution in [0.15, 0.2) is 81.7 Å². The quantitative estimate of drug-likeness (QED) is 0.528. The van der Waals surface area contributed by atoms with Gasteiger partial charge in [-0.1, -0.05) is 66.0 Å². The lowest BCUT2D eigenvalue weighted by Gasteiger charge is -2.24. The molecule has 0 aliphatic carbocycles. The Bertz CT molecular complexity index is 1400. The molecule has 1 unspecified atom stereocenters. The maximum Gasteiger partial charge on any atom is 0.338 e. The van der Waals surface area contributed by atoms with E-state index in [1.165, 1.54) is 18.4 Å². The Hall–Kier alpha value is -3.71. The van der Waals surface area contributed by atoms with Gasteiger partial charge in [0.15, 0.2) is 4.80 Å². The molecule has 33 heavy (non-hydrogen) atoms. The number of methoxy groups -OCH3 is 1. The van der Waals surface area contributed by atoms with E-state index in [2.05, 4.69) is 4.99 Å². The summed E-state index contributed by atoms with van der Waals surface area (Å²) in [7, 11) is 1.33. The molecule has 1 atom stereocenters. The molecule has 0 spiro atoms. The van der Waals surface area contributed by atoms with Crippen LogP contribution in [0.1, 0.15) is 31.0 Å². The summed E-state index contributed by atoms with van der Waals surface area (Å²) in [5.41, 5.74) is 2.50. The molecule has 0 bridgehead atoms. The van der Waals surface area contributed by atoms with E-state index in [0.29, 0.717) is 27.2 Å². The molecule has 6 nitrogen and oxygen atoms in total. The number of nitrogens with zero attached hydrogens (tertiary/aromatic N) is 2. The second-order valence-electron chi connectivity index (χ2n) is 7.37. The zero-order valence-electron chi connectivity index (χ0n) is 18.6. The third-order valence-corrected chi connectivity index (χ3v) is 6.27. The van der Waals surface area contributed by atoms with Crippen molar-refractivity contribution in [3.63, 3.8) is 0 Å². The van der Waals surface area contributed by atoms with Crippen molar-refractivity contribution in [1.82, 2.24) is 4.57 Å². The minimum Gasteiger partial charge on any atom is -0.494 e. The maximum atomic E-state index is 13.4. The average Bonchev–Trinajstić information content (AvgIpc) is 3.14. The molecular formula is C26H24N2O4S. The summed E-state index contributed by atoms with van der Waals surface area (Å²) in [5.74, 6) is 0.216. The molecule has 0 fully saturated rings. The highest BCUT2D eigenvalue weighted by Gasteiger charge is 2.33. The maximum absolute atomic E-state index is 13.4. The fourth-order valence-corrected chi connectivity index (χ4v) is 4.74. The van der Waals surface area contributed by atoms with Crippen molar-refractivity contribution in [2.75, 3.05) is 13.7 Å². The number of esters is 1. The van der Waals surface area contributed by atoms with Gasteiger partial charge in [-0.15, -0.1) is 0 Å². The number of fused-ring (bicyclic) bond motifs is 1. The molecule has 1 aromatic heterocycles. The lowest BCUT2D eigenvalue weighted by Crippen LogP contribution is -2.39. The molecule has 0 amide bonds. The minimum absolute atomic E-state index is 0.204. The van der Waals surface area contributed by atoms with Crippen LogP contribution >= 0.6 is 11.3 Å². The summed E-state index contributed by atoms with van der Waals surface area (Å²) >= 11 is 1.30. The van der Waals surface area contributed by atoms with Gasteiger partial charge in [0.05, 0.1) is 35.6 Å². The van der Waals surface area contributed by atoms with Crippen LogP contribution in [0.3, 0.4) is 0 Å². The van der Waals surface area contributed by atoms with E-state index in [-0.39, 0.29) is 5.56 Å². The fraction of sp³-hybridized carbons (Fsp3) is 0.192. The van der Waals surface area contributed by atoms with E-state index in [4.69, 9.17) is 9.47 Å². The van der Waals surface area contributed by atoms with Crippen molar-refractivity contribution in [3.8, 4) is 5.75 Å². The van der Waals surface area contributed by atoms with E-state index >= 15 is 0 Å². The first-order chi connectivity index (χ1) is 16.0. The molecule has 2 heterocycles. The second-order valence-corrected chi connectivity index (χ2v) is 8.38. The molecule has 2 aromatic carbocycles. The van der Waals surface area contributed by atoms with E-state index in [9.17, 15) is 9.59 Å². The highest BCUT2D eigenvalue weighted by atomic mass is 32.1. The van der Waals surface area contributed by atoms with Crippen LogP contribution in [0.4, 0.5) is 0 Å². The number of hydrogen-bond donors (Lipinski definition) is 0. The predicted molar refractivity (Wildman–Crippen MR) is 130 cm³/mol. The largest absolute Gasteiger partial charge is 0.494 e. The molecule has 3 aromatic rings. The molecule has 4 rings (SSSR count). The zero-order chi connectivity index (χ0) is 23.4.